The zero-order valence-corrected chi connectivity index (χ0v) is 13.9. The van der Waals surface area contributed by atoms with Gasteiger partial charge in [0.05, 0.1) is 0 Å². The van der Waals surface area contributed by atoms with Crippen molar-refractivity contribution in [2.24, 2.45) is 0 Å². The maximum atomic E-state index is 4.66. The van der Waals surface area contributed by atoms with Gasteiger partial charge in [0.2, 0.25) is 5.95 Å². The third-order valence-corrected chi connectivity index (χ3v) is 3.84. The van der Waals surface area contributed by atoms with Crippen LogP contribution >= 0.6 is 0 Å². The maximum absolute atomic E-state index is 4.66. The highest BCUT2D eigenvalue weighted by Crippen LogP contribution is 2.23. The summed E-state index contributed by atoms with van der Waals surface area (Å²) in [6.45, 7) is 3.78. The summed E-state index contributed by atoms with van der Waals surface area (Å²) in [6, 6.07) is 22.6. The van der Waals surface area contributed by atoms with Crippen molar-refractivity contribution in [2.45, 2.75) is 13.3 Å². The molecule has 0 amide bonds. The molecule has 2 aromatic carbocycles. The summed E-state index contributed by atoms with van der Waals surface area (Å²) in [5, 5.41) is 3.32. The molecule has 3 rings (SSSR count). The van der Waals surface area contributed by atoms with Crippen LogP contribution in [0, 0.1) is 0 Å². The molecular formula is C20H22N4. The molecule has 0 fully saturated rings. The molecule has 0 saturated carbocycles. The predicted molar refractivity (Wildman–Crippen MR) is 99.8 cm³/mol. The van der Waals surface area contributed by atoms with Gasteiger partial charge in [-0.05, 0) is 37.1 Å². The summed E-state index contributed by atoms with van der Waals surface area (Å²) in [6.07, 6.45) is 2.75. The van der Waals surface area contributed by atoms with E-state index >= 15 is 0 Å². The first-order valence-corrected chi connectivity index (χ1v) is 8.30. The van der Waals surface area contributed by atoms with Gasteiger partial charge in [0, 0.05) is 25.0 Å². The summed E-state index contributed by atoms with van der Waals surface area (Å²) in [7, 11) is 0. The van der Waals surface area contributed by atoms with Crippen molar-refractivity contribution in [3.63, 3.8) is 0 Å². The molecule has 0 aliphatic rings. The Balaban J connectivity index is 1.67. The lowest BCUT2D eigenvalue weighted by atomic mass is 10.1. The average molecular weight is 318 g/mol. The van der Waals surface area contributed by atoms with Crippen molar-refractivity contribution < 1.29 is 0 Å². The average Bonchev–Trinajstić information content (AvgIpc) is 2.65. The van der Waals surface area contributed by atoms with Gasteiger partial charge in [-0.15, -0.1) is 0 Å². The third-order valence-electron chi connectivity index (χ3n) is 3.84. The lowest BCUT2D eigenvalue weighted by Crippen LogP contribution is -2.18. The molecule has 122 valence electrons. The number of hydrogen-bond acceptors (Lipinski definition) is 4. The third kappa shape index (κ3) is 4.10. The van der Waals surface area contributed by atoms with E-state index in [1.807, 2.05) is 30.3 Å². The van der Waals surface area contributed by atoms with Gasteiger partial charge in [-0.3, -0.25) is 0 Å². The van der Waals surface area contributed by atoms with E-state index in [1.54, 1.807) is 6.20 Å². The Kier molecular flexibility index (Phi) is 5.40. The van der Waals surface area contributed by atoms with Crippen LogP contribution in [0.25, 0.3) is 0 Å². The Morgan fingerprint density at radius 3 is 2.33 bits per heavy atom. The quantitative estimate of drug-likeness (QED) is 0.705. The fourth-order valence-corrected chi connectivity index (χ4v) is 2.63. The number of para-hydroxylation sites is 1. The molecule has 0 radical (unpaired) electrons. The van der Waals surface area contributed by atoms with E-state index in [0.29, 0.717) is 5.95 Å². The van der Waals surface area contributed by atoms with E-state index < -0.39 is 0 Å². The van der Waals surface area contributed by atoms with Gasteiger partial charge in [0.1, 0.15) is 5.82 Å². The lowest BCUT2D eigenvalue weighted by molar-refractivity contribution is 0.951. The van der Waals surface area contributed by atoms with E-state index in [-0.39, 0.29) is 0 Å². The highest BCUT2D eigenvalue weighted by molar-refractivity contribution is 5.60. The van der Waals surface area contributed by atoms with Crippen LogP contribution in [0.5, 0.6) is 0 Å². The van der Waals surface area contributed by atoms with Crippen LogP contribution in [0.4, 0.5) is 17.5 Å². The SMILES string of the molecule is CCN(c1ccccc1)c1ccnc(NCCc2ccccc2)n1. The van der Waals surface area contributed by atoms with Crippen LogP contribution in [0.1, 0.15) is 12.5 Å². The smallest absolute Gasteiger partial charge is 0.224 e. The molecule has 0 bridgehead atoms. The van der Waals surface area contributed by atoms with Gasteiger partial charge < -0.3 is 10.2 Å². The van der Waals surface area contributed by atoms with Crippen molar-refractivity contribution >= 4 is 17.5 Å². The number of benzene rings is 2. The van der Waals surface area contributed by atoms with E-state index in [9.17, 15) is 0 Å². The first-order chi connectivity index (χ1) is 11.9. The van der Waals surface area contributed by atoms with Crippen LogP contribution in [0.2, 0.25) is 0 Å². The topological polar surface area (TPSA) is 41.1 Å². The minimum atomic E-state index is 0.665. The van der Waals surface area contributed by atoms with Crippen molar-refractivity contribution in [3.05, 3.63) is 78.5 Å². The standard InChI is InChI=1S/C20H22N4/c1-2-24(18-11-7-4-8-12-18)19-14-16-22-20(23-19)21-15-13-17-9-5-3-6-10-17/h3-12,14,16H,2,13,15H2,1H3,(H,21,22,23). The number of anilines is 3. The number of rotatable bonds is 7. The van der Waals surface area contributed by atoms with E-state index in [4.69, 9.17) is 0 Å². The summed E-state index contributed by atoms with van der Waals surface area (Å²) in [5.41, 5.74) is 2.44. The lowest BCUT2D eigenvalue weighted by Gasteiger charge is -2.22. The van der Waals surface area contributed by atoms with E-state index in [2.05, 4.69) is 63.5 Å². The van der Waals surface area contributed by atoms with Crippen LogP contribution in [-0.2, 0) is 6.42 Å². The predicted octanol–water partition coefficient (Wildman–Crippen LogP) is 4.29. The summed E-state index contributed by atoms with van der Waals surface area (Å²) < 4.78 is 0. The molecule has 0 atom stereocenters. The molecule has 1 heterocycles. The zero-order chi connectivity index (χ0) is 16.6. The molecule has 3 aromatic rings. The summed E-state index contributed by atoms with van der Waals surface area (Å²) in [5.74, 6) is 1.57. The van der Waals surface area contributed by atoms with Crippen LogP contribution in [0.3, 0.4) is 0 Å². The molecule has 4 nitrogen and oxygen atoms in total. The second-order valence-electron chi connectivity index (χ2n) is 5.48. The molecule has 0 unspecified atom stereocenters. The highest BCUT2D eigenvalue weighted by atomic mass is 15.2. The number of nitrogens with one attached hydrogen (secondary N) is 1. The van der Waals surface area contributed by atoms with Gasteiger partial charge in [0.25, 0.3) is 0 Å². The van der Waals surface area contributed by atoms with Crippen molar-refractivity contribution in [1.29, 1.82) is 0 Å². The van der Waals surface area contributed by atoms with Gasteiger partial charge >= 0.3 is 0 Å². The Morgan fingerprint density at radius 1 is 0.917 bits per heavy atom. The first-order valence-electron chi connectivity index (χ1n) is 8.30. The van der Waals surface area contributed by atoms with Gasteiger partial charge in [-0.1, -0.05) is 48.5 Å². The molecule has 1 aromatic heterocycles. The van der Waals surface area contributed by atoms with Crippen molar-refractivity contribution in [1.82, 2.24) is 9.97 Å². The molecule has 24 heavy (non-hydrogen) atoms. The molecule has 0 aliphatic heterocycles. The van der Waals surface area contributed by atoms with Crippen LogP contribution in [-0.4, -0.2) is 23.1 Å². The Hall–Kier alpha value is -2.88. The van der Waals surface area contributed by atoms with Gasteiger partial charge in [-0.2, -0.15) is 4.98 Å². The van der Waals surface area contributed by atoms with E-state index in [1.165, 1.54) is 5.56 Å². The number of aromatic nitrogens is 2. The van der Waals surface area contributed by atoms with Gasteiger partial charge in [-0.25, -0.2) is 4.98 Å². The molecule has 0 aliphatic carbocycles. The maximum Gasteiger partial charge on any atom is 0.224 e. The van der Waals surface area contributed by atoms with Crippen LogP contribution < -0.4 is 10.2 Å². The second-order valence-corrected chi connectivity index (χ2v) is 5.48. The van der Waals surface area contributed by atoms with Gasteiger partial charge in [0.15, 0.2) is 0 Å². The molecular weight excluding hydrogens is 296 g/mol. The number of nitrogens with zero attached hydrogens (tertiary/aromatic N) is 3. The fraction of sp³-hybridized carbons (Fsp3) is 0.200. The van der Waals surface area contributed by atoms with E-state index in [0.717, 1.165) is 31.0 Å². The molecule has 1 N–H and O–H groups in total. The molecule has 0 saturated heterocycles. The van der Waals surface area contributed by atoms with Crippen molar-refractivity contribution in [2.75, 3.05) is 23.3 Å². The second kappa shape index (κ2) is 8.11. The summed E-state index contributed by atoms with van der Waals surface area (Å²) in [4.78, 5) is 11.2. The molecule has 0 spiro atoms. The van der Waals surface area contributed by atoms with Crippen molar-refractivity contribution in [3.8, 4) is 0 Å². The number of hydrogen-bond donors (Lipinski definition) is 1. The fourth-order valence-electron chi connectivity index (χ4n) is 2.63. The highest BCUT2D eigenvalue weighted by Gasteiger charge is 2.09. The molecule has 4 heteroatoms. The monoisotopic (exact) mass is 318 g/mol. The largest absolute Gasteiger partial charge is 0.354 e. The Bertz CT molecular complexity index is 744. The Labute approximate surface area is 143 Å². The van der Waals surface area contributed by atoms with Crippen LogP contribution in [0.15, 0.2) is 72.9 Å². The summed E-state index contributed by atoms with van der Waals surface area (Å²) >= 11 is 0. The zero-order valence-electron chi connectivity index (χ0n) is 13.9. The Morgan fingerprint density at radius 2 is 1.62 bits per heavy atom. The minimum absolute atomic E-state index is 0.665. The first kappa shape index (κ1) is 16.0. The normalized spacial score (nSPS) is 10.4. The minimum Gasteiger partial charge on any atom is -0.354 e.